The smallest absolute Gasteiger partial charge is 0.256 e. The Morgan fingerprint density at radius 1 is 1.19 bits per heavy atom. The van der Waals surface area contributed by atoms with E-state index in [9.17, 15) is 9.59 Å². The first kappa shape index (κ1) is 18.4. The fourth-order valence-electron chi connectivity index (χ4n) is 3.99. The van der Waals surface area contributed by atoms with Crippen LogP contribution >= 0.6 is 0 Å². The Labute approximate surface area is 154 Å². The average Bonchev–Trinajstić information content (AvgIpc) is 2.95. The van der Waals surface area contributed by atoms with E-state index in [0.717, 1.165) is 42.6 Å². The van der Waals surface area contributed by atoms with E-state index in [0.29, 0.717) is 17.8 Å². The Balaban J connectivity index is 1.95. The molecular formula is C21H27N3O2. The Morgan fingerprint density at radius 3 is 2.50 bits per heavy atom. The molecule has 5 heteroatoms. The standard InChI is InChI=1S/C21H27N3O2/c1-14-19(15(2)23-20(14)16(3)25)21(26)24(18-10-5-4-6-11-18)13-17-9-7-8-12-22-17/h7-9,12,18,23H,4-6,10-11,13H2,1-3H3. The fraction of sp³-hybridized carbons (Fsp3) is 0.476. The van der Waals surface area contributed by atoms with Gasteiger partial charge < -0.3 is 9.88 Å². The average molecular weight is 353 g/mol. The van der Waals surface area contributed by atoms with E-state index >= 15 is 0 Å². The van der Waals surface area contributed by atoms with Gasteiger partial charge >= 0.3 is 0 Å². The fourth-order valence-corrected chi connectivity index (χ4v) is 3.99. The molecule has 1 aliphatic rings. The second-order valence-electron chi connectivity index (χ2n) is 7.23. The minimum Gasteiger partial charge on any atom is -0.355 e. The summed E-state index contributed by atoms with van der Waals surface area (Å²) in [6.45, 7) is 5.75. The maximum absolute atomic E-state index is 13.5. The highest BCUT2D eigenvalue weighted by Gasteiger charge is 2.30. The minimum absolute atomic E-state index is 0.00121. The summed E-state index contributed by atoms with van der Waals surface area (Å²) in [6.07, 6.45) is 7.36. The van der Waals surface area contributed by atoms with Crippen LogP contribution in [0.4, 0.5) is 0 Å². The first-order valence-corrected chi connectivity index (χ1v) is 9.40. The topological polar surface area (TPSA) is 66.1 Å². The highest BCUT2D eigenvalue weighted by Crippen LogP contribution is 2.28. The number of ketones is 1. The number of amides is 1. The maximum Gasteiger partial charge on any atom is 0.256 e. The van der Waals surface area contributed by atoms with Crippen LogP contribution in [0.3, 0.4) is 0 Å². The van der Waals surface area contributed by atoms with Crippen molar-refractivity contribution >= 4 is 11.7 Å². The Bertz CT molecular complexity index is 789. The largest absolute Gasteiger partial charge is 0.355 e. The summed E-state index contributed by atoms with van der Waals surface area (Å²) in [5, 5.41) is 0. The first-order valence-electron chi connectivity index (χ1n) is 9.40. The molecule has 0 aliphatic heterocycles. The number of nitrogens with one attached hydrogen (secondary N) is 1. The van der Waals surface area contributed by atoms with Crippen LogP contribution in [0, 0.1) is 13.8 Å². The molecule has 1 N–H and O–H groups in total. The lowest BCUT2D eigenvalue weighted by Crippen LogP contribution is -2.41. The van der Waals surface area contributed by atoms with Crippen molar-refractivity contribution in [2.45, 2.75) is 65.5 Å². The van der Waals surface area contributed by atoms with Gasteiger partial charge in [0.15, 0.2) is 5.78 Å². The van der Waals surface area contributed by atoms with Crippen molar-refractivity contribution in [3.05, 3.63) is 52.6 Å². The summed E-state index contributed by atoms with van der Waals surface area (Å²) in [7, 11) is 0. The third-order valence-corrected chi connectivity index (χ3v) is 5.34. The summed E-state index contributed by atoms with van der Waals surface area (Å²) in [4.78, 5) is 34.8. The number of Topliss-reactive ketones (excluding diaryl/α,β-unsaturated/α-hetero) is 1. The quantitative estimate of drug-likeness (QED) is 0.819. The Hall–Kier alpha value is -2.43. The number of aromatic nitrogens is 2. The number of carbonyl (C=O) groups excluding carboxylic acids is 2. The summed E-state index contributed by atoms with van der Waals surface area (Å²) in [5.74, 6) is -0.0418. The molecule has 2 heterocycles. The summed E-state index contributed by atoms with van der Waals surface area (Å²) in [6, 6.07) is 6.02. The van der Waals surface area contributed by atoms with E-state index in [1.165, 1.54) is 13.3 Å². The molecule has 1 saturated carbocycles. The molecule has 0 spiro atoms. The van der Waals surface area contributed by atoms with Crippen molar-refractivity contribution in [2.24, 2.45) is 0 Å². The number of nitrogens with zero attached hydrogens (tertiary/aromatic N) is 2. The van der Waals surface area contributed by atoms with Crippen molar-refractivity contribution in [1.82, 2.24) is 14.9 Å². The molecule has 0 unspecified atom stereocenters. The zero-order valence-corrected chi connectivity index (χ0v) is 15.8. The zero-order chi connectivity index (χ0) is 18.7. The highest BCUT2D eigenvalue weighted by molar-refractivity contribution is 6.02. The molecule has 138 valence electrons. The first-order chi connectivity index (χ1) is 12.5. The van der Waals surface area contributed by atoms with Crippen LogP contribution in [0.15, 0.2) is 24.4 Å². The van der Waals surface area contributed by atoms with Crippen LogP contribution in [-0.4, -0.2) is 32.6 Å². The molecule has 1 amide bonds. The van der Waals surface area contributed by atoms with Crippen LogP contribution in [-0.2, 0) is 6.54 Å². The summed E-state index contributed by atoms with van der Waals surface area (Å²) >= 11 is 0. The monoisotopic (exact) mass is 353 g/mol. The molecular weight excluding hydrogens is 326 g/mol. The number of aromatic amines is 1. The van der Waals surface area contributed by atoms with E-state index in [1.54, 1.807) is 6.20 Å². The predicted octanol–water partition coefficient (Wildman–Crippen LogP) is 4.20. The van der Waals surface area contributed by atoms with E-state index in [4.69, 9.17) is 0 Å². The maximum atomic E-state index is 13.5. The van der Waals surface area contributed by atoms with E-state index in [2.05, 4.69) is 9.97 Å². The number of hydrogen-bond donors (Lipinski definition) is 1. The zero-order valence-electron chi connectivity index (χ0n) is 15.8. The van der Waals surface area contributed by atoms with Crippen LogP contribution < -0.4 is 0 Å². The van der Waals surface area contributed by atoms with Gasteiger partial charge in [-0.15, -0.1) is 0 Å². The predicted molar refractivity (Wildman–Crippen MR) is 101 cm³/mol. The van der Waals surface area contributed by atoms with Crippen LogP contribution in [0.5, 0.6) is 0 Å². The number of pyridine rings is 1. The lowest BCUT2D eigenvalue weighted by Gasteiger charge is -2.34. The number of rotatable bonds is 5. The second kappa shape index (κ2) is 7.85. The number of carbonyl (C=O) groups is 2. The number of aryl methyl sites for hydroxylation is 1. The number of H-pyrrole nitrogens is 1. The molecule has 3 rings (SSSR count). The van der Waals surface area contributed by atoms with Crippen LogP contribution in [0.25, 0.3) is 0 Å². The number of hydrogen-bond acceptors (Lipinski definition) is 3. The van der Waals surface area contributed by atoms with E-state index in [-0.39, 0.29) is 17.7 Å². The van der Waals surface area contributed by atoms with Crippen molar-refractivity contribution in [3.63, 3.8) is 0 Å². The lowest BCUT2D eigenvalue weighted by atomic mass is 9.93. The van der Waals surface area contributed by atoms with Gasteiger partial charge in [0.1, 0.15) is 0 Å². The molecule has 5 nitrogen and oxygen atoms in total. The van der Waals surface area contributed by atoms with Crippen molar-refractivity contribution in [1.29, 1.82) is 0 Å². The molecule has 1 aliphatic carbocycles. The second-order valence-corrected chi connectivity index (χ2v) is 7.23. The van der Waals surface area contributed by atoms with Gasteiger partial charge in [0.2, 0.25) is 0 Å². The van der Waals surface area contributed by atoms with Gasteiger partial charge in [0.05, 0.1) is 23.5 Å². The minimum atomic E-state index is -0.0430. The van der Waals surface area contributed by atoms with Gasteiger partial charge in [-0.2, -0.15) is 0 Å². The molecule has 26 heavy (non-hydrogen) atoms. The van der Waals surface area contributed by atoms with Crippen molar-refractivity contribution < 1.29 is 9.59 Å². The molecule has 0 atom stereocenters. The van der Waals surface area contributed by atoms with Gasteiger partial charge in [-0.05, 0) is 44.4 Å². The lowest BCUT2D eigenvalue weighted by molar-refractivity contribution is 0.0610. The third-order valence-electron chi connectivity index (χ3n) is 5.34. The third kappa shape index (κ3) is 3.71. The normalized spacial score (nSPS) is 15.0. The summed E-state index contributed by atoms with van der Waals surface area (Å²) < 4.78 is 0. The highest BCUT2D eigenvalue weighted by atomic mass is 16.2. The van der Waals surface area contributed by atoms with Gasteiger partial charge in [0.25, 0.3) is 5.91 Å². The Morgan fingerprint density at radius 2 is 1.92 bits per heavy atom. The molecule has 0 bridgehead atoms. The molecule has 1 fully saturated rings. The van der Waals surface area contributed by atoms with Gasteiger partial charge in [-0.1, -0.05) is 25.3 Å². The van der Waals surface area contributed by atoms with Crippen molar-refractivity contribution in [2.75, 3.05) is 0 Å². The molecule has 0 aromatic carbocycles. The molecule has 2 aromatic heterocycles. The van der Waals surface area contributed by atoms with Gasteiger partial charge in [-0.25, -0.2) is 0 Å². The van der Waals surface area contributed by atoms with Gasteiger partial charge in [0, 0.05) is 24.9 Å². The molecule has 2 aromatic rings. The van der Waals surface area contributed by atoms with E-state index < -0.39 is 0 Å². The van der Waals surface area contributed by atoms with Crippen molar-refractivity contribution in [3.8, 4) is 0 Å². The molecule has 0 radical (unpaired) electrons. The van der Waals surface area contributed by atoms with Gasteiger partial charge in [-0.3, -0.25) is 14.6 Å². The Kier molecular flexibility index (Phi) is 5.55. The van der Waals surface area contributed by atoms with Crippen LogP contribution in [0.1, 0.15) is 76.8 Å². The molecule has 0 saturated heterocycles. The van der Waals surface area contributed by atoms with E-state index in [1.807, 2.05) is 36.9 Å². The van der Waals surface area contributed by atoms with Crippen LogP contribution in [0.2, 0.25) is 0 Å². The SMILES string of the molecule is CC(=O)c1[nH]c(C)c(C(=O)N(Cc2ccccn2)C2CCCCC2)c1C. The summed E-state index contributed by atoms with van der Waals surface area (Å²) in [5.41, 5.74) is 3.58.